The molecule has 7 heteroatoms. The largest absolute Gasteiger partial charge is 0.465 e. The number of nitrogens with one attached hydrogen (secondary N) is 2. The lowest BCUT2D eigenvalue weighted by atomic mass is 10.2. The van der Waals surface area contributed by atoms with Gasteiger partial charge in [0.2, 0.25) is 5.91 Å². The Morgan fingerprint density at radius 2 is 2.09 bits per heavy atom. The first-order valence-corrected chi connectivity index (χ1v) is 7.69. The molecule has 2 unspecified atom stereocenters. The van der Waals surface area contributed by atoms with Gasteiger partial charge >= 0.3 is 6.09 Å². The van der Waals surface area contributed by atoms with Gasteiger partial charge in [0.05, 0.1) is 6.61 Å². The van der Waals surface area contributed by atoms with E-state index in [-0.39, 0.29) is 12.9 Å². The molecule has 2 amide bonds. The van der Waals surface area contributed by atoms with E-state index >= 15 is 0 Å². The third kappa shape index (κ3) is 6.25. The maximum Gasteiger partial charge on any atom is 0.405 e. The Bertz CT molecular complexity index is 502. The van der Waals surface area contributed by atoms with E-state index in [0.717, 1.165) is 24.8 Å². The molecular formula is C16H22N2O5. The van der Waals surface area contributed by atoms with Crippen LogP contribution in [0, 0.1) is 0 Å². The van der Waals surface area contributed by atoms with Gasteiger partial charge in [-0.1, -0.05) is 30.3 Å². The average molecular weight is 322 g/mol. The normalized spacial score (nSPS) is 18.9. The summed E-state index contributed by atoms with van der Waals surface area (Å²) in [5, 5.41) is 13.8. The van der Waals surface area contributed by atoms with Crippen LogP contribution in [0.25, 0.3) is 0 Å². The van der Waals surface area contributed by atoms with E-state index in [1.807, 2.05) is 30.3 Å². The molecular weight excluding hydrogens is 300 g/mol. The molecule has 1 saturated heterocycles. The first-order chi connectivity index (χ1) is 11.1. The highest BCUT2D eigenvalue weighted by Gasteiger charge is 2.23. The van der Waals surface area contributed by atoms with Gasteiger partial charge in [0.25, 0.3) is 0 Å². The number of benzene rings is 1. The fourth-order valence-corrected chi connectivity index (χ4v) is 2.29. The first kappa shape index (κ1) is 17.2. The van der Waals surface area contributed by atoms with Crippen LogP contribution in [-0.4, -0.2) is 42.7 Å². The van der Waals surface area contributed by atoms with Crippen LogP contribution in [0.3, 0.4) is 0 Å². The van der Waals surface area contributed by atoms with Gasteiger partial charge < -0.3 is 25.2 Å². The summed E-state index contributed by atoms with van der Waals surface area (Å²) in [6.07, 6.45) is 1.11. The molecule has 0 saturated carbocycles. The molecule has 2 atom stereocenters. The molecule has 1 aliphatic rings. The van der Waals surface area contributed by atoms with Gasteiger partial charge in [-0.2, -0.15) is 0 Å². The molecule has 1 fully saturated rings. The van der Waals surface area contributed by atoms with Crippen LogP contribution in [0.4, 0.5) is 4.79 Å². The topological polar surface area (TPSA) is 96.9 Å². The summed E-state index contributed by atoms with van der Waals surface area (Å²) in [7, 11) is 0. The number of ether oxygens (including phenoxy) is 2. The number of rotatable bonds is 7. The molecule has 1 heterocycles. The van der Waals surface area contributed by atoms with Crippen LogP contribution in [-0.2, 0) is 20.8 Å². The summed E-state index contributed by atoms with van der Waals surface area (Å²) in [6, 6.07) is 8.42. The van der Waals surface area contributed by atoms with Crippen LogP contribution >= 0.6 is 0 Å². The first-order valence-electron chi connectivity index (χ1n) is 7.69. The third-order valence-corrected chi connectivity index (χ3v) is 3.51. The minimum atomic E-state index is -1.27. The van der Waals surface area contributed by atoms with E-state index in [9.17, 15) is 9.59 Å². The zero-order valence-electron chi connectivity index (χ0n) is 12.9. The smallest absolute Gasteiger partial charge is 0.405 e. The highest BCUT2D eigenvalue weighted by molar-refractivity contribution is 5.85. The molecule has 0 radical (unpaired) electrons. The maximum absolute atomic E-state index is 12.2. The standard InChI is InChI=1S/C16H22N2O5/c19-15(17-10-12-6-2-1-3-7-12)13(18-16(20)21)11-23-14-8-4-5-9-22-14/h1-3,6-7,13-14,18H,4-5,8-11H2,(H,17,19)(H,20,21). The molecule has 1 aromatic rings. The van der Waals surface area contributed by atoms with Gasteiger partial charge in [-0.3, -0.25) is 4.79 Å². The lowest BCUT2D eigenvalue weighted by Gasteiger charge is -2.25. The zero-order chi connectivity index (χ0) is 16.5. The molecule has 3 N–H and O–H groups in total. The van der Waals surface area contributed by atoms with Crippen molar-refractivity contribution in [3.8, 4) is 0 Å². The van der Waals surface area contributed by atoms with E-state index in [4.69, 9.17) is 14.6 Å². The van der Waals surface area contributed by atoms with Crippen molar-refractivity contribution in [1.82, 2.24) is 10.6 Å². The fourth-order valence-electron chi connectivity index (χ4n) is 2.29. The Morgan fingerprint density at radius 1 is 1.30 bits per heavy atom. The second-order valence-corrected chi connectivity index (χ2v) is 5.33. The van der Waals surface area contributed by atoms with E-state index < -0.39 is 18.0 Å². The number of carbonyl (C=O) groups excluding carboxylic acids is 1. The van der Waals surface area contributed by atoms with Crippen LogP contribution in [0.2, 0.25) is 0 Å². The van der Waals surface area contributed by atoms with Gasteiger partial charge in [-0.25, -0.2) is 4.79 Å². The summed E-state index contributed by atoms with van der Waals surface area (Å²) in [5.74, 6) is -0.424. The second kappa shape index (κ2) is 9.12. The van der Waals surface area contributed by atoms with Gasteiger partial charge in [0.1, 0.15) is 6.04 Å². The Morgan fingerprint density at radius 3 is 2.74 bits per heavy atom. The van der Waals surface area contributed by atoms with Crippen molar-refractivity contribution < 1.29 is 24.2 Å². The molecule has 1 aromatic carbocycles. The van der Waals surface area contributed by atoms with Crippen LogP contribution in [0.15, 0.2) is 30.3 Å². The summed E-state index contributed by atoms with van der Waals surface area (Å²) < 4.78 is 10.9. The SMILES string of the molecule is O=C(O)NC(COC1CCCCO1)C(=O)NCc1ccccc1. The predicted molar refractivity (Wildman–Crippen MR) is 82.8 cm³/mol. The van der Waals surface area contributed by atoms with Crippen molar-refractivity contribution in [1.29, 1.82) is 0 Å². The van der Waals surface area contributed by atoms with E-state index in [0.29, 0.717) is 13.2 Å². The molecule has 7 nitrogen and oxygen atoms in total. The molecule has 0 spiro atoms. The summed E-state index contributed by atoms with van der Waals surface area (Å²) in [5.41, 5.74) is 0.937. The van der Waals surface area contributed by atoms with Crippen molar-refractivity contribution in [3.05, 3.63) is 35.9 Å². The summed E-state index contributed by atoms with van der Waals surface area (Å²) >= 11 is 0. The number of amides is 2. The van der Waals surface area contributed by atoms with Crippen molar-refractivity contribution in [2.24, 2.45) is 0 Å². The number of hydrogen-bond donors (Lipinski definition) is 3. The van der Waals surface area contributed by atoms with Crippen LogP contribution in [0.5, 0.6) is 0 Å². The van der Waals surface area contributed by atoms with Gasteiger partial charge in [-0.05, 0) is 24.8 Å². The second-order valence-electron chi connectivity index (χ2n) is 5.33. The lowest BCUT2D eigenvalue weighted by Crippen LogP contribution is -2.49. The van der Waals surface area contributed by atoms with E-state index in [2.05, 4.69) is 10.6 Å². The van der Waals surface area contributed by atoms with Crippen LogP contribution < -0.4 is 10.6 Å². The molecule has 2 rings (SSSR count). The van der Waals surface area contributed by atoms with Crippen LogP contribution in [0.1, 0.15) is 24.8 Å². The van der Waals surface area contributed by atoms with E-state index in [1.165, 1.54) is 0 Å². The summed E-state index contributed by atoms with van der Waals surface area (Å²) in [6.45, 7) is 0.900. The minimum absolute atomic E-state index is 0.0579. The van der Waals surface area contributed by atoms with Crippen molar-refractivity contribution in [2.75, 3.05) is 13.2 Å². The Labute approximate surface area is 135 Å². The minimum Gasteiger partial charge on any atom is -0.465 e. The molecule has 0 aromatic heterocycles. The Kier molecular flexibility index (Phi) is 6.83. The van der Waals surface area contributed by atoms with Gasteiger partial charge in [-0.15, -0.1) is 0 Å². The monoisotopic (exact) mass is 322 g/mol. The predicted octanol–water partition coefficient (Wildman–Crippen LogP) is 1.48. The maximum atomic E-state index is 12.2. The number of carbonyl (C=O) groups is 2. The number of carboxylic acid groups (broad SMARTS) is 1. The molecule has 1 aliphatic heterocycles. The Balaban J connectivity index is 1.83. The quantitative estimate of drug-likeness (QED) is 0.706. The van der Waals surface area contributed by atoms with Crippen molar-refractivity contribution in [2.45, 2.75) is 38.1 Å². The average Bonchev–Trinajstić information content (AvgIpc) is 2.58. The van der Waals surface area contributed by atoms with E-state index in [1.54, 1.807) is 0 Å². The van der Waals surface area contributed by atoms with Crippen molar-refractivity contribution >= 4 is 12.0 Å². The van der Waals surface area contributed by atoms with Gasteiger partial charge in [0, 0.05) is 13.2 Å². The zero-order valence-corrected chi connectivity index (χ0v) is 12.9. The Hall–Kier alpha value is -2.12. The number of hydrogen-bond acceptors (Lipinski definition) is 4. The molecule has 23 heavy (non-hydrogen) atoms. The highest BCUT2D eigenvalue weighted by atomic mass is 16.7. The summed E-state index contributed by atoms with van der Waals surface area (Å²) in [4.78, 5) is 23.0. The van der Waals surface area contributed by atoms with Gasteiger partial charge in [0.15, 0.2) is 6.29 Å². The highest BCUT2D eigenvalue weighted by Crippen LogP contribution is 2.13. The molecule has 126 valence electrons. The third-order valence-electron chi connectivity index (χ3n) is 3.51. The molecule has 0 aliphatic carbocycles. The fraction of sp³-hybridized carbons (Fsp3) is 0.500. The molecule has 0 bridgehead atoms. The lowest BCUT2D eigenvalue weighted by molar-refractivity contribution is -0.167. The van der Waals surface area contributed by atoms with Crippen molar-refractivity contribution in [3.63, 3.8) is 0 Å².